The molecule has 1 aromatic carbocycles. The van der Waals surface area contributed by atoms with E-state index in [2.05, 4.69) is 6.07 Å². The van der Waals surface area contributed by atoms with Crippen LogP contribution >= 0.6 is 0 Å². The van der Waals surface area contributed by atoms with Crippen LogP contribution in [0.15, 0.2) is 24.3 Å². The van der Waals surface area contributed by atoms with Gasteiger partial charge in [0.1, 0.15) is 5.75 Å². The van der Waals surface area contributed by atoms with Gasteiger partial charge in [-0.05, 0) is 18.2 Å². The molecule has 0 saturated heterocycles. The minimum absolute atomic E-state index is 0. The van der Waals surface area contributed by atoms with Gasteiger partial charge in [-0.25, -0.2) is 0 Å². The van der Waals surface area contributed by atoms with Crippen molar-refractivity contribution in [3.63, 3.8) is 0 Å². The Morgan fingerprint density at radius 1 is 1.25 bits per heavy atom. The molecule has 0 amide bonds. The van der Waals surface area contributed by atoms with Crippen molar-refractivity contribution in [2.75, 3.05) is 0 Å². The average molecular weight is 135 g/mol. The minimum atomic E-state index is 0. The Balaban J connectivity index is 0.000000490. The third kappa shape index (κ3) is 2.55. The molecule has 0 aliphatic rings. The molecule has 0 fully saturated rings. The predicted molar refractivity (Wildman–Crippen MR) is 35.5 cm³/mol. The topological polar surface area (TPSA) is 20.2 Å². The van der Waals surface area contributed by atoms with Crippen molar-refractivity contribution in [1.29, 1.82) is 0 Å². The molecule has 0 saturated carbocycles. The summed E-state index contributed by atoms with van der Waals surface area (Å²) in [5.41, 5.74) is 0. The summed E-state index contributed by atoms with van der Waals surface area (Å²) in [6.07, 6.45) is 0. The molecular weight excluding hydrogens is 128 g/mol. The van der Waals surface area contributed by atoms with Crippen molar-refractivity contribution >= 4 is 37.7 Å². The molecule has 0 bridgehead atoms. The number of aromatic hydroxyl groups is 1. The molecule has 1 radical (unpaired) electrons. The fourth-order valence-electron chi connectivity index (χ4n) is 0.378. The van der Waals surface area contributed by atoms with Gasteiger partial charge in [-0.3, -0.25) is 0 Å². The van der Waals surface area contributed by atoms with Crippen LogP contribution in [0.2, 0.25) is 0 Å². The van der Waals surface area contributed by atoms with Gasteiger partial charge in [-0.1, -0.05) is 12.1 Å². The van der Waals surface area contributed by atoms with Gasteiger partial charge in [0.05, 0.1) is 0 Å². The second kappa shape index (κ2) is 4.19. The van der Waals surface area contributed by atoms with Gasteiger partial charge in [0.15, 0.2) is 0 Å². The fraction of sp³-hybridized carbons (Fsp3) is 0. The van der Waals surface area contributed by atoms with E-state index in [-0.39, 0.29) is 37.7 Å². The zero-order chi connectivity index (χ0) is 5.11. The van der Waals surface area contributed by atoms with Crippen molar-refractivity contribution in [3.05, 3.63) is 30.3 Å². The summed E-state index contributed by atoms with van der Waals surface area (Å²) < 4.78 is 0. The van der Waals surface area contributed by atoms with Gasteiger partial charge >= 0.3 is 37.7 Å². The van der Waals surface area contributed by atoms with Gasteiger partial charge < -0.3 is 5.11 Å². The Labute approximate surface area is 78.3 Å². The van der Waals surface area contributed by atoms with Gasteiger partial charge in [0, 0.05) is 0 Å². The molecule has 39 valence electrons. The third-order valence-electron chi connectivity index (χ3n) is 0.701. The van der Waals surface area contributed by atoms with E-state index in [0.717, 1.165) is 0 Å². The molecule has 0 heterocycles. The van der Waals surface area contributed by atoms with Crippen LogP contribution in [0.4, 0.5) is 0 Å². The fourth-order valence-corrected chi connectivity index (χ4v) is 0.378. The molecule has 8 heavy (non-hydrogen) atoms. The van der Waals surface area contributed by atoms with Crippen LogP contribution in [0.25, 0.3) is 0 Å². The van der Waals surface area contributed by atoms with E-state index >= 15 is 0 Å². The number of rotatable bonds is 0. The Kier molecular flexibility index (Phi) is 4.33. The number of hydrogen-bond donors (Lipinski definition) is 1. The van der Waals surface area contributed by atoms with E-state index in [1.54, 1.807) is 24.3 Å². The zero-order valence-electron chi connectivity index (χ0n) is 3.76. The number of hydrogen-bond acceptors (Lipinski definition) is 1. The van der Waals surface area contributed by atoms with Crippen molar-refractivity contribution in [2.45, 2.75) is 0 Å². The Bertz CT molecular complexity index is 138. The van der Waals surface area contributed by atoms with E-state index in [1.165, 1.54) is 0 Å². The first-order valence-corrected chi connectivity index (χ1v) is 2.04. The number of benzene rings is 1. The van der Waals surface area contributed by atoms with Crippen molar-refractivity contribution in [1.82, 2.24) is 0 Å². The quantitative estimate of drug-likeness (QED) is 0.506. The normalized spacial score (nSPS) is 7.50. The molecule has 1 N–H and O–H groups in total. The molecule has 0 aromatic heterocycles. The maximum atomic E-state index is 8.61. The zero-order valence-corrected chi connectivity index (χ0v) is 3.76. The van der Waals surface area contributed by atoms with E-state index in [1.807, 2.05) is 0 Å². The first kappa shape index (κ1) is 8.28. The molecule has 0 unspecified atom stereocenters. The number of phenols is 1. The molecular formula is C6H7CaO. The molecule has 0 aliphatic heterocycles. The second-order valence-corrected chi connectivity index (χ2v) is 1.26. The second-order valence-electron chi connectivity index (χ2n) is 1.26. The first-order valence-electron chi connectivity index (χ1n) is 2.04. The number of phenolic OH excluding ortho intramolecular Hbond substituents is 1. The van der Waals surface area contributed by atoms with Gasteiger partial charge in [0.25, 0.3) is 0 Å². The van der Waals surface area contributed by atoms with Gasteiger partial charge in [0.2, 0.25) is 0 Å². The molecule has 0 atom stereocenters. The van der Waals surface area contributed by atoms with Crippen LogP contribution < -0.4 is 0 Å². The summed E-state index contributed by atoms with van der Waals surface area (Å²) in [5.74, 6) is 0.291. The summed E-state index contributed by atoms with van der Waals surface area (Å²) in [4.78, 5) is 0. The summed E-state index contributed by atoms with van der Waals surface area (Å²) >= 11 is 0. The van der Waals surface area contributed by atoms with Gasteiger partial charge in [-0.15, -0.1) is 0 Å². The van der Waals surface area contributed by atoms with Crippen LogP contribution in [0.5, 0.6) is 5.75 Å². The summed E-state index contributed by atoms with van der Waals surface area (Å²) in [7, 11) is 0. The molecule has 1 nitrogen and oxygen atoms in total. The molecule has 0 aliphatic carbocycles. The molecule has 1 aromatic rings. The summed E-state index contributed by atoms with van der Waals surface area (Å²) in [6, 6.07) is 9.26. The van der Waals surface area contributed by atoms with E-state index in [0.29, 0.717) is 5.75 Å². The molecule has 0 spiro atoms. The summed E-state index contributed by atoms with van der Waals surface area (Å²) in [5, 5.41) is 8.61. The van der Waals surface area contributed by atoms with Crippen molar-refractivity contribution < 1.29 is 5.11 Å². The SMILES string of the molecule is Oc1cc[c]cc1.[CaH2]. The Morgan fingerprint density at radius 2 is 1.75 bits per heavy atom. The van der Waals surface area contributed by atoms with Crippen LogP contribution in [-0.4, -0.2) is 42.8 Å². The summed E-state index contributed by atoms with van der Waals surface area (Å²) in [6.45, 7) is 0. The first-order chi connectivity index (χ1) is 3.39. The molecule has 1 rings (SSSR count). The predicted octanol–water partition coefficient (Wildman–Crippen LogP) is 0.276. The van der Waals surface area contributed by atoms with Crippen LogP contribution in [0.3, 0.4) is 0 Å². The average Bonchev–Trinajstić information content (AvgIpc) is 1.69. The van der Waals surface area contributed by atoms with E-state index < -0.39 is 0 Å². The molecule has 2 heteroatoms. The van der Waals surface area contributed by atoms with Crippen molar-refractivity contribution in [2.24, 2.45) is 0 Å². The van der Waals surface area contributed by atoms with Crippen LogP contribution in [-0.2, 0) is 0 Å². The maximum absolute atomic E-state index is 8.61. The van der Waals surface area contributed by atoms with Crippen LogP contribution in [0.1, 0.15) is 0 Å². The van der Waals surface area contributed by atoms with Crippen LogP contribution in [0, 0.1) is 6.07 Å². The van der Waals surface area contributed by atoms with E-state index in [9.17, 15) is 0 Å². The van der Waals surface area contributed by atoms with E-state index in [4.69, 9.17) is 5.11 Å². The third-order valence-corrected chi connectivity index (χ3v) is 0.701. The van der Waals surface area contributed by atoms with Gasteiger partial charge in [-0.2, -0.15) is 0 Å². The Hall–Kier alpha value is 0.280. The standard InChI is InChI=1S/C6H5O.Ca.2H/c7-6-4-2-1-3-5-6;;;/h2-5,7H;;;. The monoisotopic (exact) mass is 135 g/mol. The Morgan fingerprint density at radius 3 is 2.00 bits per heavy atom. The van der Waals surface area contributed by atoms with Crippen molar-refractivity contribution in [3.8, 4) is 5.75 Å².